The Morgan fingerprint density at radius 1 is 1.32 bits per heavy atom. The van der Waals surface area contributed by atoms with Gasteiger partial charge in [-0.25, -0.2) is 14.8 Å². The van der Waals surface area contributed by atoms with Gasteiger partial charge in [-0.1, -0.05) is 12.1 Å². The minimum atomic E-state index is -0.0101. The molecule has 1 aliphatic rings. The molecular weight excluding hydrogens is 240 g/mol. The lowest BCUT2D eigenvalue weighted by atomic mass is 10.2. The van der Waals surface area contributed by atoms with Crippen molar-refractivity contribution >= 4 is 10.9 Å². The fourth-order valence-electron chi connectivity index (χ4n) is 2.58. The number of H-pyrrole nitrogens is 2. The summed E-state index contributed by atoms with van der Waals surface area (Å²) in [7, 11) is 2.22. The highest BCUT2D eigenvalue weighted by molar-refractivity contribution is 5.73. The maximum atomic E-state index is 12.0. The minimum absolute atomic E-state index is 0.0101. The number of nitrogens with one attached hydrogen (secondary N) is 3. The molecule has 0 unspecified atom stereocenters. The Morgan fingerprint density at radius 3 is 2.84 bits per heavy atom. The summed E-state index contributed by atoms with van der Waals surface area (Å²) in [5.74, 6) is 0.892. The average molecular weight is 260 g/mol. The Kier molecular flexibility index (Phi) is 3.31. The molecule has 2 aromatic rings. The maximum Gasteiger partial charge on any atom is 0.343 e. The van der Waals surface area contributed by atoms with Gasteiger partial charge in [0.1, 0.15) is 17.4 Å². The Hall–Kier alpha value is -1.72. The third kappa shape index (κ3) is 2.67. The van der Waals surface area contributed by atoms with Crippen molar-refractivity contribution in [2.45, 2.75) is 6.54 Å². The number of aromatic nitrogens is 2. The first-order valence-electron chi connectivity index (χ1n) is 6.79. The molecule has 3 N–H and O–H groups in total. The highest BCUT2D eigenvalue weighted by atomic mass is 16.1. The van der Waals surface area contributed by atoms with E-state index in [0.29, 0.717) is 5.39 Å². The number of piperazine rings is 1. The normalized spacial score (nSPS) is 17.9. The highest BCUT2D eigenvalue weighted by Crippen LogP contribution is 2.03. The number of quaternary nitrogens is 1. The van der Waals surface area contributed by atoms with E-state index in [1.165, 1.54) is 0 Å². The van der Waals surface area contributed by atoms with Crippen LogP contribution in [0.4, 0.5) is 0 Å². The van der Waals surface area contributed by atoms with Crippen LogP contribution in [0.2, 0.25) is 0 Å². The fourth-order valence-corrected chi connectivity index (χ4v) is 2.58. The molecule has 0 amide bonds. The molecule has 1 fully saturated rings. The van der Waals surface area contributed by atoms with Crippen molar-refractivity contribution in [1.82, 2.24) is 9.88 Å². The number of hydrogen-bond donors (Lipinski definition) is 2. The topological polar surface area (TPSA) is 54.7 Å². The lowest BCUT2D eigenvalue weighted by molar-refractivity contribution is -0.884. The Balaban J connectivity index is 1.83. The fraction of sp³-hybridized carbons (Fsp3) is 0.429. The second-order valence-corrected chi connectivity index (χ2v) is 5.34. The standard InChI is InChI=1S/C14H18N4O/c1-17-6-8-18(9-7-17)10-13-15-12-5-3-2-4-11(12)14(19)16-13/h2-5H,6-10H2,1H3,(H,15,16,19)/p+2. The van der Waals surface area contributed by atoms with Gasteiger partial charge in [0.2, 0.25) is 0 Å². The molecule has 1 aromatic heterocycles. The van der Waals surface area contributed by atoms with E-state index < -0.39 is 0 Å². The van der Waals surface area contributed by atoms with Crippen molar-refractivity contribution in [3.05, 3.63) is 40.4 Å². The zero-order chi connectivity index (χ0) is 13.2. The summed E-state index contributed by atoms with van der Waals surface area (Å²) in [4.78, 5) is 22.2. The van der Waals surface area contributed by atoms with Crippen LogP contribution in [0.5, 0.6) is 0 Å². The summed E-state index contributed by atoms with van der Waals surface area (Å²) in [5.41, 5.74) is 0.894. The van der Waals surface area contributed by atoms with Gasteiger partial charge in [0, 0.05) is 13.1 Å². The Labute approximate surface area is 111 Å². The molecule has 1 aromatic carbocycles. The van der Waals surface area contributed by atoms with Crippen LogP contribution in [-0.4, -0.2) is 43.1 Å². The van der Waals surface area contributed by atoms with E-state index in [-0.39, 0.29) is 5.56 Å². The van der Waals surface area contributed by atoms with Gasteiger partial charge in [-0.2, -0.15) is 0 Å². The summed E-state index contributed by atoms with van der Waals surface area (Å²) < 4.78 is 0. The van der Waals surface area contributed by atoms with E-state index in [9.17, 15) is 4.79 Å². The summed E-state index contributed by atoms with van der Waals surface area (Å²) in [6, 6.07) is 7.62. The number of aromatic amines is 2. The van der Waals surface area contributed by atoms with E-state index in [1.807, 2.05) is 24.3 Å². The first kappa shape index (κ1) is 12.3. The molecule has 2 heterocycles. The van der Waals surface area contributed by atoms with Crippen LogP contribution < -0.4 is 15.4 Å². The molecule has 5 heteroatoms. The molecule has 0 saturated carbocycles. The minimum Gasteiger partial charge on any atom is -0.335 e. The summed E-state index contributed by atoms with van der Waals surface area (Å²) in [6.45, 7) is 5.27. The van der Waals surface area contributed by atoms with Gasteiger partial charge in [-0.15, -0.1) is 0 Å². The lowest BCUT2D eigenvalue weighted by Gasteiger charge is -2.28. The van der Waals surface area contributed by atoms with Crippen LogP contribution in [0.15, 0.2) is 29.1 Å². The quantitative estimate of drug-likeness (QED) is 0.703. The van der Waals surface area contributed by atoms with Gasteiger partial charge in [-0.3, -0.25) is 4.90 Å². The second kappa shape index (κ2) is 5.11. The van der Waals surface area contributed by atoms with E-state index in [2.05, 4.69) is 21.9 Å². The van der Waals surface area contributed by atoms with Crippen LogP contribution in [0.1, 0.15) is 5.82 Å². The first-order chi connectivity index (χ1) is 9.22. The molecule has 5 nitrogen and oxygen atoms in total. The monoisotopic (exact) mass is 260 g/mol. The van der Waals surface area contributed by atoms with Crippen molar-refractivity contribution in [2.75, 3.05) is 33.2 Å². The molecule has 0 atom stereocenters. The van der Waals surface area contributed by atoms with Crippen LogP contribution in [0.3, 0.4) is 0 Å². The number of rotatable bonds is 2. The second-order valence-electron chi connectivity index (χ2n) is 5.34. The van der Waals surface area contributed by atoms with Crippen molar-refractivity contribution in [3.8, 4) is 0 Å². The van der Waals surface area contributed by atoms with Gasteiger partial charge in [-0.05, 0) is 12.1 Å². The van der Waals surface area contributed by atoms with Crippen LogP contribution in [-0.2, 0) is 6.54 Å². The lowest BCUT2D eigenvalue weighted by Crippen LogP contribution is -3.11. The molecular formula is C14H20N4O+2. The predicted molar refractivity (Wildman–Crippen MR) is 73.0 cm³/mol. The number of nitrogens with zero attached hydrogens (tertiary/aromatic N) is 1. The number of hydrogen-bond acceptors (Lipinski definition) is 2. The van der Waals surface area contributed by atoms with Gasteiger partial charge in [0.05, 0.1) is 20.1 Å². The van der Waals surface area contributed by atoms with Crippen LogP contribution in [0.25, 0.3) is 10.9 Å². The molecule has 1 saturated heterocycles. The molecule has 19 heavy (non-hydrogen) atoms. The SMILES string of the molecule is C[NH+]1CCN(Cc2[nH]c(=O)c3ccccc3[nH+]2)CC1. The van der Waals surface area contributed by atoms with Gasteiger partial charge >= 0.3 is 5.56 Å². The largest absolute Gasteiger partial charge is 0.343 e. The van der Waals surface area contributed by atoms with Crippen molar-refractivity contribution in [3.63, 3.8) is 0 Å². The Bertz CT molecular complexity index is 629. The summed E-state index contributed by atoms with van der Waals surface area (Å²) >= 11 is 0. The van der Waals surface area contributed by atoms with Crippen molar-refractivity contribution in [1.29, 1.82) is 0 Å². The molecule has 0 aliphatic carbocycles. The molecule has 0 radical (unpaired) electrons. The first-order valence-corrected chi connectivity index (χ1v) is 6.79. The summed E-state index contributed by atoms with van der Waals surface area (Å²) in [6.07, 6.45) is 0. The third-order valence-electron chi connectivity index (χ3n) is 3.81. The number of fused-ring (bicyclic) bond motifs is 1. The molecule has 1 aliphatic heterocycles. The highest BCUT2D eigenvalue weighted by Gasteiger charge is 2.19. The average Bonchev–Trinajstić information content (AvgIpc) is 2.42. The van der Waals surface area contributed by atoms with Crippen LogP contribution in [0, 0.1) is 0 Å². The van der Waals surface area contributed by atoms with E-state index in [1.54, 1.807) is 4.90 Å². The predicted octanol–water partition coefficient (Wildman–Crippen LogP) is -1.33. The van der Waals surface area contributed by atoms with Crippen molar-refractivity contribution in [2.24, 2.45) is 0 Å². The molecule has 0 bridgehead atoms. The van der Waals surface area contributed by atoms with E-state index in [0.717, 1.165) is 44.1 Å². The van der Waals surface area contributed by atoms with Crippen LogP contribution >= 0.6 is 0 Å². The number of para-hydroxylation sites is 1. The molecule has 100 valence electrons. The zero-order valence-electron chi connectivity index (χ0n) is 11.2. The van der Waals surface area contributed by atoms with Gasteiger partial charge in [0.15, 0.2) is 0 Å². The smallest absolute Gasteiger partial charge is 0.335 e. The van der Waals surface area contributed by atoms with Gasteiger partial charge < -0.3 is 4.90 Å². The summed E-state index contributed by atoms with van der Waals surface area (Å²) in [5, 5.41) is 0.717. The van der Waals surface area contributed by atoms with E-state index in [4.69, 9.17) is 0 Å². The number of benzene rings is 1. The van der Waals surface area contributed by atoms with E-state index >= 15 is 0 Å². The van der Waals surface area contributed by atoms with Crippen molar-refractivity contribution < 1.29 is 9.88 Å². The molecule has 0 spiro atoms. The number of likely N-dealkylation sites (N-methyl/N-ethyl adjacent to an activating group) is 1. The van der Waals surface area contributed by atoms with Gasteiger partial charge in [0.25, 0.3) is 5.82 Å². The Morgan fingerprint density at radius 2 is 2.05 bits per heavy atom. The molecule has 3 rings (SSSR count). The maximum absolute atomic E-state index is 12.0. The zero-order valence-corrected chi connectivity index (χ0v) is 11.2. The third-order valence-corrected chi connectivity index (χ3v) is 3.81.